The van der Waals surface area contributed by atoms with E-state index >= 15 is 0 Å². The van der Waals surface area contributed by atoms with Crippen molar-refractivity contribution in [2.45, 2.75) is 162 Å². The molecule has 2 unspecified atom stereocenters. The van der Waals surface area contributed by atoms with Gasteiger partial charge in [-0.25, -0.2) is 24.4 Å². The molecule has 9 N–H and O–H groups in total. The molecule has 4 aliphatic carbocycles. The highest BCUT2D eigenvalue weighted by molar-refractivity contribution is 7.85. The normalized spacial score (nSPS) is 20.8. The number of carboxylic acid groups (broad SMARTS) is 1. The average Bonchev–Trinajstić information content (AvgIpc) is 0.716. The molecule has 9 amide bonds. The molecule has 5 heterocycles. The molecule has 30 heteroatoms. The van der Waals surface area contributed by atoms with Gasteiger partial charge in [0.15, 0.2) is 10.8 Å². The molecule has 0 saturated heterocycles. The molecule has 4 fully saturated rings. The van der Waals surface area contributed by atoms with Gasteiger partial charge in [-0.15, -0.1) is 0 Å². The van der Waals surface area contributed by atoms with E-state index in [1.165, 1.54) is 28.4 Å². The van der Waals surface area contributed by atoms with Gasteiger partial charge in [-0.2, -0.15) is 13.5 Å². The van der Waals surface area contributed by atoms with Crippen molar-refractivity contribution >= 4 is 102 Å². The minimum absolute atomic E-state index is 0.0422. The highest BCUT2D eigenvalue weighted by Gasteiger charge is 2.66. The maximum atomic E-state index is 14.0. The summed E-state index contributed by atoms with van der Waals surface area (Å²) in [7, 11) is -4.37. The summed E-state index contributed by atoms with van der Waals surface area (Å²) in [5, 5.41) is 30.0. The Morgan fingerprint density at radius 3 is 2.24 bits per heavy atom. The fourth-order valence-corrected chi connectivity index (χ4v) is 18.2. The maximum absolute atomic E-state index is 14.0. The van der Waals surface area contributed by atoms with Crippen molar-refractivity contribution in [2.75, 3.05) is 60.6 Å². The van der Waals surface area contributed by atoms with E-state index in [4.69, 9.17) is 25.3 Å². The van der Waals surface area contributed by atoms with Crippen LogP contribution in [0.3, 0.4) is 0 Å². The first-order valence-electron chi connectivity index (χ1n) is 35.3. The van der Waals surface area contributed by atoms with Gasteiger partial charge >= 0.3 is 18.1 Å². The number of primary amides is 1. The van der Waals surface area contributed by atoms with E-state index in [0.29, 0.717) is 90.6 Å². The number of unbranched alkanes of at least 4 members (excludes halogenated alkanes) is 2. The summed E-state index contributed by atoms with van der Waals surface area (Å²) >= 11 is 1.40. The summed E-state index contributed by atoms with van der Waals surface area (Å²) in [5.41, 5.74) is 10.00. The Bertz CT molecular complexity index is 4350. The van der Waals surface area contributed by atoms with Crippen molar-refractivity contribution in [3.63, 3.8) is 0 Å². The van der Waals surface area contributed by atoms with Gasteiger partial charge in [0.2, 0.25) is 17.7 Å². The van der Waals surface area contributed by atoms with Crippen LogP contribution >= 0.6 is 11.3 Å². The van der Waals surface area contributed by atoms with Crippen molar-refractivity contribution < 1.29 is 70.7 Å². The molecule has 104 heavy (non-hydrogen) atoms. The highest BCUT2D eigenvalue weighted by Crippen LogP contribution is 2.72. The number of nitrogens with one attached hydrogen (secondary N) is 5. The van der Waals surface area contributed by atoms with Crippen LogP contribution in [-0.2, 0) is 69.7 Å². The Morgan fingerprint density at radius 2 is 1.54 bits per heavy atom. The lowest BCUT2D eigenvalue weighted by molar-refractivity contribution is -0.248. The first kappa shape index (κ1) is 75.5. The van der Waals surface area contributed by atoms with Crippen LogP contribution < -0.4 is 37.2 Å². The predicted molar refractivity (Wildman–Crippen MR) is 389 cm³/mol. The number of anilines is 3. The smallest absolute Gasteiger partial charge is 0.410 e. The number of imide groups is 1. The van der Waals surface area contributed by atoms with Crippen LogP contribution in [0.1, 0.15) is 154 Å². The van der Waals surface area contributed by atoms with E-state index in [1.807, 2.05) is 59.0 Å². The quantitative estimate of drug-likeness (QED) is 0.0108. The lowest BCUT2D eigenvalue weighted by Gasteiger charge is -2.69. The molecule has 4 saturated carbocycles. The number of ether oxygens (including phenoxy) is 2. The standard InChI is InChI=1S/C74H91N13O15S2/c1-46(2)62(82-59(88)19-7-6-10-31-86-60(89)26-27-61(86)90)66(93)79-56(17-12-29-76-68(75)96)65(92)78-50-22-20-48(21-23-50)38-101-70(97)84(30-13-35-104(98,99)100)33-34-102-74-42-71(4)39-72(5,43-74)41-73(40-71,44-74)45-87-47(3)53(36-77-87)51-24-25-58(81-63(51)67(94)95)85-32-28-49-14-11-15-52(54(49)37-85)64(91)83-69-80-55-16-8-9-18-57(55)103-69/h8-9,11,14-16,18,20-27,36,46,56,62H,6-7,10,12-13,17,19,28-35,37-45H2,1-5H3,(H,78,92)(H,79,93)(H,82,88)(H,94,95)(H3,75,76,96)(H,80,83,91)(H,98,99,100)/t56-,62-,71?,72?,73?,74?/m0/s1. The summed E-state index contributed by atoms with van der Waals surface area (Å²) in [4.78, 5) is 131. The van der Waals surface area contributed by atoms with Gasteiger partial charge in [-0.05, 0) is 165 Å². The Hall–Kier alpha value is -9.65. The molecule has 0 radical (unpaired) electrons. The number of nitrogens with two attached hydrogens (primary N) is 1. The number of nitrogens with zero attached hydrogens (tertiary/aromatic N) is 7. The third-order valence-electron chi connectivity index (χ3n) is 20.5. The molecule has 4 atom stereocenters. The van der Waals surface area contributed by atoms with Crippen LogP contribution in [0.4, 0.5) is 26.2 Å². The van der Waals surface area contributed by atoms with E-state index in [1.54, 1.807) is 56.4 Å². The van der Waals surface area contributed by atoms with Crippen molar-refractivity contribution in [3.8, 4) is 11.1 Å². The molecule has 0 spiro atoms. The molecule has 2 aliphatic heterocycles. The second kappa shape index (κ2) is 31.8. The molecule has 3 aromatic heterocycles. The third kappa shape index (κ3) is 18.5. The monoisotopic (exact) mass is 1470 g/mol. The van der Waals surface area contributed by atoms with Gasteiger partial charge in [0.1, 0.15) is 24.5 Å². The number of hydrogen-bond acceptors (Lipinski definition) is 18. The van der Waals surface area contributed by atoms with Crippen molar-refractivity contribution in [2.24, 2.45) is 27.9 Å². The number of amides is 9. The van der Waals surface area contributed by atoms with E-state index in [-0.39, 0.29) is 111 Å². The zero-order valence-corrected chi connectivity index (χ0v) is 60.8. The minimum atomic E-state index is -4.37. The number of urea groups is 1. The number of hydrogen-bond donors (Lipinski definition) is 8. The zero-order chi connectivity index (χ0) is 74.3. The predicted octanol–water partition coefficient (Wildman–Crippen LogP) is 8.93. The number of para-hydroxylation sites is 1. The number of carbonyl (C=O) groups excluding carboxylic acids is 8. The lowest BCUT2D eigenvalue weighted by Crippen LogP contribution is -2.64. The summed E-state index contributed by atoms with van der Waals surface area (Å²) in [6, 6.07) is 20.5. The van der Waals surface area contributed by atoms with Crippen LogP contribution in [0, 0.1) is 29.1 Å². The van der Waals surface area contributed by atoms with Crippen LogP contribution in [-0.4, -0.2) is 164 Å². The van der Waals surface area contributed by atoms with Gasteiger partial charge in [0.05, 0.1) is 34.4 Å². The Kier molecular flexibility index (Phi) is 23.1. The zero-order valence-electron chi connectivity index (χ0n) is 59.2. The number of carbonyl (C=O) groups is 9. The summed E-state index contributed by atoms with van der Waals surface area (Å²) in [6.45, 7) is 11.7. The Balaban J connectivity index is 0.702. The number of pyridine rings is 1. The topological polar surface area (TPSA) is 386 Å². The Morgan fingerprint density at radius 1 is 0.798 bits per heavy atom. The number of aromatic nitrogens is 4. The van der Waals surface area contributed by atoms with E-state index < -0.39 is 69.4 Å². The molecule has 12 rings (SSSR count). The first-order chi connectivity index (χ1) is 49.5. The second-order valence-electron chi connectivity index (χ2n) is 29.6. The summed E-state index contributed by atoms with van der Waals surface area (Å²) in [5.74, 6) is -4.32. The fourth-order valence-electron chi connectivity index (χ4n) is 16.9. The average molecular weight is 1470 g/mol. The molecule has 3 aromatic carbocycles. The number of aromatic carboxylic acids is 1. The highest BCUT2D eigenvalue weighted by atomic mass is 32.2. The van der Waals surface area contributed by atoms with Crippen LogP contribution in [0.25, 0.3) is 21.3 Å². The van der Waals surface area contributed by atoms with Gasteiger partial charge in [0.25, 0.3) is 27.8 Å². The number of rotatable bonds is 33. The molecule has 4 bridgehead atoms. The molecule has 28 nitrogen and oxygen atoms in total. The number of benzene rings is 3. The largest absolute Gasteiger partial charge is 0.476 e. The fraction of sp³-hybridized carbons (Fsp3) is 0.486. The lowest BCUT2D eigenvalue weighted by atomic mass is 9.39. The van der Waals surface area contributed by atoms with Crippen molar-refractivity contribution in [1.29, 1.82) is 0 Å². The Labute approximate surface area is 607 Å². The van der Waals surface area contributed by atoms with Gasteiger partial charge in [0, 0.05) is 92.5 Å². The second-order valence-corrected chi connectivity index (χ2v) is 32.2. The molecule has 6 aromatic rings. The molecular weight excluding hydrogens is 1380 g/mol. The summed E-state index contributed by atoms with van der Waals surface area (Å²) < 4.78 is 49.2. The molecule has 554 valence electrons. The maximum Gasteiger partial charge on any atom is 0.410 e. The summed E-state index contributed by atoms with van der Waals surface area (Å²) in [6.07, 6.45) is 10.9. The van der Waals surface area contributed by atoms with Crippen LogP contribution in [0.15, 0.2) is 97.2 Å². The van der Waals surface area contributed by atoms with E-state index in [9.17, 15) is 61.2 Å². The molecular formula is C74H91N13O15S2. The SMILES string of the molecule is Cc1c(-c2ccc(N3CCc4cccc(C(=O)Nc5nc6ccccc6s5)c4C3)nc2C(=O)O)cnn1CC12CC3(C)CC(C)(C1)CC(OCCN(CCCS(=O)(=O)O)C(=O)OCc1ccc(NC(=O)[C@H](CCCNC(N)=O)NC(=O)[C@@H](NC(=O)CCCCCN4C(=O)C=CC4=O)C(C)C)cc1)(C3)C2. The number of thiazole rings is 1. The number of fused-ring (bicyclic) bond motifs is 2. The van der Waals surface area contributed by atoms with E-state index in [0.717, 1.165) is 64.0 Å². The van der Waals surface area contributed by atoms with Crippen molar-refractivity contribution in [1.82, 2.24) is 45.5 Å². The van der Waals surface area contributed by atoms with Gasteiger partial charge in [-0.3, -0.25) is 48.2 Å². The first-order valence-corrected chi connectivity index (χ1v) is 37.8. The van der Waals surface area contributed by atoms with Crippen LogP contribution in [0.5, 0.6) is 0 Å². The van der Waals surface area contributed by atoms with Gasteiger partial charge < -0.3 is 51.4 Å². The van der Waals surface area contributed by atoms with E-state index in [2.05, 4.69) is 45.4 Å². The van der Waals surface area contributed by atoms with Gasteiger partial charge in [-0.1, -0.05) is 81.9 Å². The molecule has 6 aliphatic rings. The third-order valence-corrected chi connectivity index (χ3v) is 22.2. The van der Waals surface area contributed by atoms with Crippen LogP contribution in [0.2, 0.25) is 0 Å². The number of carboxylic acids is 1. The van der Waals surface area contributed by atoms with Crippen molar-refractivity contribution in [3.05, 3.63) is 131 Å². The minimum Gasteiger partial charge on any atom is -0.476 e.